The van der Waals surface area contributed by atoms with Crippen LogP contribution in [0.4, 0.5) is 0 Å². The zero-order valence-corrected chi connectivity index (χ0v) is 13.4. The Kier molecular flexibility index (Phi) is 4.96. The van der Waals surface area contributed by atoms with Crippen molar-refractivity contribution in [3.63, 3.8) is 0 Å². The molecule has 3 nitrogen and oxygen atoms in total. The van der Waals surface area contributed by atoms with Crippen molar-refractivity contribution in [2.24, 2.45) is 0 Å². The third-order valence-corrected chi connectivity index (χ3v) is 4.30. The minimum atomic E-state index is -0.0213. The molecular formula is C13H12BrClN2OS. The number of carbonyl (C=O) groups is 1. The van der Waals surface area contributed by atoms with E-state index in [1.54, 1.807) is 23.2 Å². The van der Waals surface area contributed by atoms with E-state index in [4.69, 9.17) is 11.6 Å². The van der Waals surface area contributed by atoms with Crippen LogP contribution in [0.1, 0.15) is 22.2 Å². The first kappa shape index (κ1) is 14.5. The first-order valence-corrected chi connectivity index (χ1v) is 7.74. The standard InChI is InChI=1S/C13H12BrClN2OS/c1-2-17(8-10-4-6-12(15)19-10)13(18)9-3-5-11(14)16-7-9/h3-7H,2,8H2,1H3. The summed E-state index contributed by atoms with van der Waals surface area (Å²) < 4.78 is 1.46. The summed E-state index contributed by atoms with van der Waals surface area (Å²) in [5.74, 6) is -0.0213. The second kappa shape index (κ2) is 6.50. The number of rotatable bonds is 4. The van der Waals surface area contributed by atoms with Crippen LogP contribution in [0.3, 0.4) is 0 Å². The Morgan fingerprint density at radius 2 is 2.21 bits per heavy atom. The fourth-order valence-electron chi connectivity index (χ4n) is 1.64. The lowest BCUT2D eigenvalue weighted by Crippen LogP contribution is -2.30. The van der Waals surface area contributed by atoms with Gasteiger partial charge in [-0.25, -0.2) is 4.98 Å². The Balaban J connectivity index is 2.12. The molecule has 0 atom stereocenters. The van der Waals surface area contributed by atoms with Crippen LogP contribution >= 0.6 is 38.9 Å². The second-order valence-electron chi connectivity index (χ2n) is 3.89. The SMILES string of the molecule is CCN(Cc1ccc(Cl)s1)C(=O)c1ccc(Br)nc1. The zero-order chi connectivity index (χ0) is 13.8. The van der Waals surface area contributed by atoms with Gasteiger partial charge in [0.2, 0.25) is 0 Å². The molecule has 0 aromatic carbocycles. The van der Waals surface area contributed by atoms with E-state index < -0.39 is 0 Å². The lowest BCUT2D eigenvalue weighted by atomic mass is 10.2. The molecule has 0 fully saturated rings. The van der Waals surface area contributed by atoms with E-state index in [9.17, 15) is 4.79 Å². The van der Waals surface area contributed by atoms with Crippen molar-refractivity contribution < 1.29 is 4.79 Å². The molecule has 0 N–H and O–H groups in total. The Morgan fingerprint density at radius 1 is 1.42 bits per heavy atom. The summed E-state index contributed by atoms with van der Waals surface area (Å²) in [7, 11) is 0. The molecule has 0 unspecified atom stereocenters. The maximum Gasteiger partial charge on any atom is 0.255 e. The number of hydrogen-bond acceptors (Lipinski definition) is 3. The van der Waals surface area contributed by atoms with E-state index in [0.717, 1.165) is 13.8 Å². The number of thiophene rings is 1. The summed E-state index contributed by atoms with van der Waals surface area (Å²) >= 11 is 10.7. The number of hydrogen-bond donors (Lipinski definition) is 0. The molecule has 0 saturated heterocycles. The van der Waals surface area contributed by atoms with Crippen molar-refractivity contribution in [1.29, 1.82) is 0 Å². The van der Waals surface area contributed by atoms with Gasteiger partial charge in [-0.2, -0.15) is 0 Å². The predicted octanol–water partition coefficient (Wildman–Crippen LogP) is 4.22. The summed E-state index contributed by atoms with van der Waals surface area (Å²) in [4.78, 5) is 19.3. The van der Waals surface area contributed by atoms with Gasteiger partial charge in [-0.3, -0.25) is 4.79 Å². The highest BCUT2D eigenvalue weighted by molar-refractivity contribution is 9.10. The molecule has 0 saturated carbocycles. The van der Waals surface area contributed by atoms with Crippen LogP contribution in [-0.2, 0) is 6.54 Å². The molecule has 0 bridgehead atoms. The number of halogens is 2. The third kappa shape index (κ3) is 3.78. The van der Waals surface area contributed by atoms with Crippen LogP contribution in [0.2, 0.25) is 4.34 Å². The quantitative estimate of drug-likeness (QED) is 0.766. The van der Waals surface area contributed by atoms with Gasteiger partial charge in [-0.1, -0.05) is 11.6 Å². The minimum Gasteiger partial charge on any atom is -0.334 e. The predicted molar refractivity (Wildman–Crippen MR) is 81.7 cm³/mol. The Bertz CT molecular complexity index is 570. The monoisotopic (exact) mass is 358 g/mol. The fourth-order valence-corrected chi connectivity index (χ4v) is 2.97. The number of aromatic nitrogens is 1. The molecule has 2 aromatic heterocycles. The van der Waals surface area contributed by atoms with Crippen LogP contribution < -0.4 is 0 Å². The second-order valence-corrected chi connectivity index (χ2v) is 6.51. The van der Waals surface area contributed by atoms with Crippen molar-refractivity contribution >= 4 is 44.8 Å². The van der Waals surface area contributed by atoms with Crippen LogP contribution in [0, 0.1) is 0 Å². The van der Waals surface area contributed by atoms with Crippen LogP contribution in [0.15, 0.2) is 35.1 Å². The molecule has 0 aliphatic rings. The highest BCUT2D eigenvalue weighted by atomic mass is 79.9. The van der Waals surface area contributed by atoms with Gasteiger partial charge in [-0.15, -0.1) is 11.3 Å². The van der Waals surface area contributed by atoms with Crippen molar-refractivity contribution in [3.8, 4) is 0 Å². The maximum absolute atomic E-state index is 12.3. The molecule has 2 aromatic rings. The number of amides is 1. The average Bonchev–Trinajstić information content (AvgIpc) is 2.81. The molecular weight excluding hydrogens is 348 g/mol. The Hall–Kier alpha value is -0.910. The third-order valence-electron chi connectivity index (χ3n) is 2.62. The highest BCUT2D eigenvalue weighted by Gasteiger charge is 2.15. The molecule has 0 radical (unpaired) electrons. The average molecular weight is 360 g/mol. The number of nitrogens with zero attached hydrogens (tertiary/aromatic N) is 2. The largest absolute Gasteiger partial charge is 0.334 e. The fraction of sp³-hybridized carbons (Fsp3) is 0.231. The molecule has 1 amide bonds. The van der Waals surface area contributed by atoms with Crippen LogP contribution in [-0.4, -0.2) is 22.3 Å². The van der Waals surface area contributed by atoms with Gasteiger partial charge in [0, 0.05) is 17.6 Å². The van der Waals surface area contributed by atoms with Crippen molar-refractivity contribution in [2.75, 3.05) is 6.54 Å². The van der Waals surface area contributed by atoms with Crippen molar-refractivity contribution in [1.82, 2.24) is 9.88 Å². The lowest BCUT2D eigenvalue weighted by Gasteiger charge is -2.20. The topological polar surface area (TPSA) is 33.2 Å². The van der Waals surface area contributed by atoms with E-state index >= 15 is 0 Å². The van der Waals surface area contributed by atoms with Gasteiger partial charge in [0.05, 0.1) is 16.4 Å². The smallest absolute Gasteiger partial charge is 0.255 e. The number of carbonyl (C=O) groups excluding carboxylic acids is 1. The van der Waals surface area contributed by atoms with Crippen molar-refractivity contribution in [2.45, 2.75) is 13.5 Å². The zero-order valence-electron chi connectivity index (χ0n) is 10.3. The van der Waals surface area contributed by atoms with Gasteiger partial charge < -0.3 is 4.90 Å². The normalized spacial score (nSPS) is 10.5. The first-order valence-electron chi connectivity index (χ1n) is 5.75. The van der Waals surface area contributed by atoms with Crippen LogP contribution in [0.5, 0.6) is 0 Å². The molecule has 0 aliphatic heterocycles. The van der Waals surface area contributed by atoms with Crippen LogP contribution in [0.25, 0.3) is 0 Å². The molecule has 100 valence electrons. The van der Waals surface area contributed by atoms with Gasteiger partial charge >= 0.3 is 0 Å². The van der Waals surface area contributed by atoms with Gasteiger partial charge in [-0.05, 0) is 47.1 Å². The lowest BCUT2D eigenvalue weighted by molar-refractivity contribution is 0.0753. The maximum atomic E-state index is 12.3. The summed E-state index contributed by atoms with van der Waals surface area (Å²) in [5, 5.41) is 0. The van der Waals surface area contributed by atoms with E-state index in [0.29, 0.717) is 18.7 Å². The minimum absolute atomic E-state index is 0.0213. The molecule has 0 spiro atoms. The first-order chi connectivity index (χ1) is 9.10. The van der Waals surface area contributed by atoms with E-state index in [1.807, 2.05) is 19.1 Å². The van der Waals surface area contributed by atoms with Gasteiger partial charge in [0.25, 0.3) is 5.91 Å². The van der Waals surface area contributed by atoms with Crippen molar-refractivity contribution in [3.05, 3.63) is 49.8 Å². The van der Waals surface area contributed by atoms with Gasteiger partial charge in [0.15, 0.2) is 0 Å². The molecule has 2 heterocycles. The molecule has 2 rings (SSSR count). The summed E-state index contributed by atoms with van der Waals surface area (Å²) in [6.07, 6.45) is 1.58. The molecule has 0 aliphatic carbocycles. The van der Waals surface area contributed by atoms with E-state index in [-0.39, 0.29) is 5.91 Å². The summed E-state index contributed by atoms with van der Waals surface area (Å²) in [6.45, 7) is 3.17. The summed E-state index contributed by atoms with van der Waals surface area (Å²) in [5.41, 5.74) is 0.590. The highest BCUT2D eigenvalue weighted by Crippen LogP contribution is 2.23. The number of pyridine rings is 1. The Morgan fingerprint density at radius 3 is 2.74 bits per heavy atom. The molecule has 19 heavy (non-hydrogen) atoms. The Labute approximate surface area is 129 Å². The summed E-state index contributed by atoms with van der Waals surface area (Å²) in [6, 6.07) is 7.33. The van der Waals surface area contributed by atoms with E-state index in [2.05, 4.69) is 20.9 Å². The van der Waals surface area contributed by atoms with Gasteiger partial charge in [0.1, 0.15) is 4.60 Å². The van der Waals surface area contributed by atoms with E-state index in [1.165, 1.54) is 11.3 Å². The molecule has 6 heteroatoms.